The molecule has 1 unspecified atom stereocenters. The zero-order valence-electron chi connectivity index (χ0n) is 21.0. The van der Waals surface area contributed by atoms with E-state index in [1.807, 2.05) is 23.2 Å². The number of carbonyl (C=O) groups is 2. The zero-order chi connectivity index (χ0) is 24.8. The Balaban J connectivity index is 1.39. The van der Waals surface area contributed by atoms with Crippen LogP contribution in [0.15, 0.2) is 18.3 Å². The second-order valence-electron chi connectivity index (χ2n) is 9.92. The Labute approximate surface area is 220 Å². The van der Waals surface area contributed by atoms with E-state index >= 15 is 0 Å². The van der Waals surface area contributed by atoms with E-state index in [2.05, 4.69) is 35.1 Å². The fourth-order valence-corrected chi connectivity index (χ4v) is 8.82. The number of nitrogens with one attached hydrogen (secondary N) is 1. The minimum Gasteiger partial charge on any atom is -0.462 e. The molecule has 0 radical (unpaired) electrons. The molecule has 0 fully saturated rings. The molecule has 0 saturated heterocycles. The lowest BCUT2D eigenvalue weighted by atomic mass is 9.95. The summed E-state index contributed by atoms with van der Waals surface area (Å²) in [7, 11) is 0. The van der Waals surface area contributed by atoms with Crippen LogP contribution in [0.3, 0.4) is 0 Å². The number of nitrogens with zero attached hydrogens (tertiary/aromatic N) is 2. The first-order valence-corrected chi connectivity index (χ1v) is 14.9. The predicted molar refractivity (Wildman–Crippen MR) is 145 cm³/mol. The summed E-state index contributed by atoms with van der Waals surface area (Å²) in [6, 6.07) is 4.06. The van der Waals surface area contributed by atoms with Crippen molar-refractivity contribution in [2.75, 3.05) is 11.9 Å². The summed E-state index contributed by atoms with van der Waals surface area (Å²) in [5.74, 6) is -0.321. The molecule has 3 aliphatic rings. The molecule has 190 valence electrons. The fraction of sp³-hybridized carbons (Fsp3) is 0.500. The van der Waals surface area contributed by atoms with Gasteiger partial charge in [-0.1, -0.05) is 6.92 Å². The summed E-state index contributed by atoms with van der Waals surface area (Å²) >= 11 is 3.46. The van der Waals surface area contributed by atoms with Crippen LogP contribution >= 0.6 is 22.7 Å². The fourth-order valence-electron chi connectivity index (χ4n) is 6.15. The molecular formula is C28H33N3O3S2. The number of rotatable bonds is 4. The lowest BCUT2D eigenvalue weighted by Gasteiger charge is -2.30. The number of thiophene rings is 2. The highest BCUT2D eigenvalue weighted by molar-refractivity contribution is 7.17. The third-order valence-electron chi connectivity index (χ3n) is 7.82. The minimum absolute atomic E-state index is 0.0422. The highest BCUT2D eigenvalue weighted by atomic mass is 32.1. The van der Waals surface area contributed by atoms with E-state index in [1.165, 1.54) is 38.7 Å². The summed E-state index contributed by atoms with van der Waals surface area (Å²) < 4.78 is 7.73. The number of ether oxygens (including phenoxy) is 1. The molecule has 2 aliphatic carbocycles. The number of anilines is 1. The maximum Gasteiger partial charge on any atom is 0.341 e. The van der Waals surface area contributed by atoms with Gasteiger partial charge in [-0.2, -0.15) is 0 Å². The lowest BCUT2D eigenvalue weighted by molar-refractivity contribution is 0.0526. The van der Waals surface area contributed by atoms with Gasteiger partial charge in [0.25, 0.3) is 0 Å². The van der Waals surface area contributed by atoms with Crippen LogP contribution in [-0.4, -0.2) is 28.1 Å². The Kier molecular flexibility index (Phi) is 6.42. The van der Waals surface area contributed by atoms with Crippen LogP contribution in [0.4, 0.5) is 9.80 Å². The molecular weight excluding hydrogens is 490 g/mol. The number of amides is 2. The summed E-state index contributed by atoms with van der Waals surface area (Å²) in [5, 5.41) is 5.11. The quantitative estimate of drug-likeness (QED) is 0.373. The monoisotopic (exact) mass is 523 g/mol. The molecule has 0 bridgehead atoms. The maximum absolute atomic E-state index is 14.0. The summed E-state index contributed by atoms with van der Waals surface area (Å²) in [4.78, 5) is 31.7. The molecule has 0 aromatic carbocycles. The molecule has 1 atom stereocenters. The van der Waals surface area contributed by atoms with Crippen LogP contribution in [0, 0.1) is 0 Å². The van der Waals surface area contributed by atoms with Gasteiger partial charge in [0.15, 0.2) is 0 Å². The smallest absolute Gasteiger partial charge is 0.341 e. The molecule has 0 saturated carbocycles. The Morgan fingerprint density at radius 2 is 1.72 bits per heavy atom. The van der Waals surface area contributed by atoms with Crippen LogP contribution in [0.2, 0.25) is 0 Å². The topological polar surface area (TPSA) is 63.6 Å². The first-order valence-electron chi connectivity index (χ1n) is 13.3. The molecule has 3 aromatic heterocycles. The van der Waals surface area contributed by atoms with Gasteiger partial charge in [-0.15, -0.1) is 22.7 Å². The molecule has 2 amide bonds. The molecule has 6 nitrogen and oxygen atoms in total. The summed E-state index contributed by atoms with van der Waals surface area (Å²) in [5.41, 5.74) is 5.56. The van der Waals surface area contributed by atoms with Crippen molar-refractivity contribution in [3.8, 4) is 5.00 Å². The van der Waals surface area contributed by atoms with E-state index in [0.717, 1.165) is 56.2 Å². The standard InChI is InChI=1S/C28H33N3O3S2/c1-3-20-21-12-9-15-30(21)26-19(17-10-5-7-13-22(17)36-26)16-31(20)28(33)29-25-24(27(32)34-4-2)18-11-6-8-14-23(18)35-25/h9,12,15,20H,3-8,10-11,13-14,16H2,1-2H3,(H,29,33). The molecule has 0 spiro atoms. The molecule has 6 rings (SSSR count). The average Bonchev–Trinajstić information content (AvgIpc) is 3.57. The third kappa shape index (κ3) is 3.89. The van der Waals surface area contributed by atoms with Gasteiger partial charge >= 0.3 is 12.0 Å². The van der Waals surface area contributed by atoms with Crippen molar-refractivity contribution in [3.63, 3.8) is 0 Å². The van der Waals surface area contributed by atoms with Gasteiger partial charge in [-0.3, -0.25) is 5.32 Å². The van der Waals surface area contributed by atoms with Crippen molar-refractivity contribution in [2.45, 2.75) is 84.2 Å². The lowest BCUT2D eigenvalue weighted by Crippen LogP contribution is -2.37. The number of aryl methyl sites for hydroxylation is 2. The van der Waals surface area contributed by atoms with Gasteiger partial charge < -0.3 is 14.2 Å². The zero-order valence-corrected chi connectivity index (χ0v) is 22.7. The van der Waals surface area contributed by atoms with E-state index in [1.54, 1.807) is 11.3 Å². The summed E-state index contributed by atoms with van der Waals surface area (Å²) in [6.45, 7) is 4.88. The van der Waals surface area contributed by atoms with Crippen molar-refractivity contribution in [1.82, 2.24) is 9.47 Å². The number of urea groups is 1. The Hall–Kier alpha value is -2.58. The highest BCUT2D eigenvalue weighted by Gasteiger charge is 2.35. The molecule has 36 heavy (non-hydrogen) atoms. The van der Waals surface area contributed by atoms with Gasteiger partial charge in [0.1, 0.15) is 10.0 Å². The number of esters is 1. The molecule has 8 heteroatoms. The van der Waals surface area contributed by atoms with E-state index in [9.17, 15) is 9.59 Å². The number of hydrogen-bond donors (Lipinski definition) is 1. The Morgan fingerprint density at radius 3 is 2.47 bits per heavy atom. The van der Waals surface area contributed by atoms with Crippen molar-refractivity contribution >= 4 is 39.7 Å². The van der Waals surface area contributed by atoms with E-state index in [0.29, 0.717) is 23.7 Å². The average molecular weight is 524 g/mol. The van der Waals surface area contributed by atoms with Crippen LogP contribution in [0.25, 0.3) is 5.00 Å². The second-order valence-corrected chi connectivity index (χ2v) is 12.1. The SMILES string of the molecule is CCOC(=O)c1c(NC(=O)N2Cc3c(sc4c3CCCC4)-n3cccc3C2CC)sc2c1CCCC2. The minimum atomic E-state index is -0.321. The predicted octanol–water partition coefficient (Wildman–Crippen LogP) is 7.03. The second kappa shape index (κ2) is 9.71. The third-order valence-corrected chi connectivity index (χ3v) is 10.4. The number of carbonyl (C=O) groups excluding carboxylic acids is 2. The largest absolute Gasteiger partial charge is 0.462 e. The van der Waals surface area contributed by atoms with Gasteiger partial charge in [-0.05, 0) is 88.0 Å². The van der Waals surface area contributed by atoms with Crippen molar-refractivity contribution in [1.29, 1.82) is 0 Å². The molecule has 3 aromatic rings. The normalized spacial score (nSPS) is 18.5. The number of aromatic nitrogens is 1. The molecule has 1 N–H and O–H groups in total. The number of fused-ring (bicyclic) bond motifs is 6. The van der Waals surface area contributed by atoms with Crippen LogP contribution < -0.4 is 5.32 Å². The first-order chi connectivity index (χ1) is 17.6. The van der Waals surface area contributed by atoms with Crippen LogP contribution in [0.5, 0.6) is 0 Å². The van der Waals surface area contributed by atoms with E-state index in [4.69, 9.17) is 4.74 Å². The summed E-state index contributed by atoms with van der Waals surface area (Å²) in [6.07, 6.45) is 11.7. The van der Waals surface area contributed by atoms with Gasteiger partial charge in [0.05, 0.1) is 24.8 Å². The van der Waals surface area contributed by atoms with E-state index in [-0.39, 0.29) is 18.0 Å². The van der Waals surface area contributed by atoms with Crippen molar-refractivity contribution in [3.05, 3.63) is 56.0 Å². The van der Waals surface area contributed by atoms with Gasteiger partial charge in [0.2, 0.25) is 0 Å². The first kappa shape index (κ1) is 23.8. The van der Waals surface area contributed by atoms with Crippen LogP contribution in [0.1, 0.15) is 94.5 Å². The van der Waals surface area contributed by atoms with Crippen LogP contribution in [-0.2, 0) is 37.0 Å². The maximum atomic E-state index is 14.0. The van der Waals surface area contributed by atoms with Gasteiger partial charge in [-0.25, -0.2) is 9.59 Å². The molecule has 1 aliphatic heterocycles. The Bertz CT molecular complexity index is 1320. The van der Waals surface area contributed by atoms with Gasteiger partial charge in [0, 0.05) is 27.2 Å². The molecule has 4 heterocycles. The van der Waals surface area contributed by atoms with Crippen molar-refractivity contribution in [2.24, 2.45) is 0 Å². The number of hydrogen-bond acceptors (Lipinski definition) is 5. The van der Waals surface area contributed by atoms with Crippen molar-refractivity contribution < 1.29 is 14.3 Å². The Morgan fingerprint density at radius 1 is 1.00 bits per heavy atom. The highest BCUT2D eigenvalue weighted by Crippen LogP contribution is 2.44. The van der Waals surface area contributed by atoms with E-state index < -0.39 is 0 Å².